The SMILES string of the molecule is N#Cc1ccc(NCC(O)CN2CCOCC2)c(F)c1. The van der Waals surface area contributed by atoms with E-state index in [0.717, 1.165) is 13.1 Å². The van der Waals surface area contributed by atoms with Crippen molar-refractivity contribution in [3.63, 3.8) is 0 Å². The first-order chi connectivity index (χ1) is 9.69. The maximum Gasteiger partial charge on any atom is 0.147 e. The molecule has 1 heterocycles. The van der Waals surface area contributed by atoms with Crippen molar-refractivity contribution in [1.29, 1.82) is 5.26 Å². The summed E-state index contributed by atoms with van der Waals surface area (Å²) in [4.78, 5) is 2.12. The van der Waals surface area contributed by atoms with E-state index in [9.17, 15) is 9.50 Å². The largest absolute Gasteiger partial charge is 0.390 e. The molecule has 108 valence electrons. The minimum Gasteiger partial charge on any atom is -0.390 e. The Kier molecular flexibility index (Phi) is 5.30. The summed E-state index contributed by atoms with van der Waals surface area (Å²) in [7, 11) is 0. The molecule has 6 heteroatoms. The van der Waals surface area contributed by atoms with Crippen LogP contribution in [0.1, 0.15) is 5.56 Å². The van der Waals surface area contributed by atoms with Gasteiger partial charge in [-0.3, -0.25) is 4.90 Å². The number of ether oxygens (including phenoxy) is 1. The average molecular weight is 279 g/mol. The van der Waals surface area contributed by atoms with Crippen LogP contribution in [0.3, 0.4) is 0 Å². The molecule has 0 bridgehead atoms. The van der Waals surface area contributed by atoms with Gasteiger partial charge in [0.25, 0.3) is 0 Å². The Morgan fingerprint density at radius 1 is 1.45 bits per heavy atom. The Bertz CT molecular complexity index is 484. The van der Waals surface area contributed by atoms with E-state index in [1.807, 2.05) is 6.07 Å². The van der Waals surface area contributed by atoms with Gasteiger partial charge >= 0.3 is 0 Å². The summed E-state index contributed by atoms with van der Waals surface area (Å²) in [6, 6.07) is 6.11. The van der Waals surface area contributed by atoms with Gasteiger partial charge < -0.3 is 15.2 Å². The fourth-order valence-electron chi connectivity index (χ4n) is 2.10. The summed E-state index contributed by atoms with van der Waals surface area (Å²) >= 11 is 0. The van der Waals surface area contributed by atoms with E-state index in [0.29, 0.717) is 25.4 Å². The first-order valence-electron chi connectivity index (χ1n) is 6.60. The van der Waals surface area contributed by atoms with Gasteiger partial charge in [0, 0.05) is 26.2 Å². The van der Waals surface area contributed by atoms with Crippen molar-refractivity contribution in [2.75, 3.05) is 44.7 Å². The number of halogens is 1. The lowest BCUT2D eigenvalue weighted by Crippen LogP contribution is -2.42. The molecule has 0 radical (unpaired) electrons. The van der Waals surface area contributed by atoms with Crippen molar-refractivity contribution in [3.8, 4) is 6.07 Å². The highest BCUT2D eigenvalue weighted by Gasteiger charge is 2.15. The molecule has 1 aromatic rings. The Labute approximate surface area is 117 Å². The predicted octanol–water partition coefficient (Wildman–Crippen LogP) is 0.802. The first kappa shape index (κ1) is 14.7. The van der Waals surface area contributed by atoms with Crippen LogP contribution in [0, 0.1) is 17.1 Å². The van der Waals surface area contributed by atoms with E-state index in [2.05, 4.69) is 10.2 Å². The van der Waals surface area contributed by atoms with Gasteiger partial charge in [0.1, 0.15) is 5.82 Å². The second kappa shape index (κ2) is 7.20. The quantitative estimate of drug-likeness (QED) is 0.834. The van der Waals surface area contributed by atoms with Crippen molar-refractivity contribution in [2.45, 2.75) is 6.10 Å². The predicted molar refractivity (Wildman–Crippen MR) is 72.9 cm³/mol. The molecule has 1 saturated heterocycles. The number of aliphatic hydroxyl groups is 1. The van der Waals surface area contributed by atoms with Gasteiger partial charge in [-0.15, -0.1) is 0 Å². The van der Waals surface area contributed by atoms with Crippen LogP contribution in [0.25, 0.3) is 0 Å². The Morgan fingerprint density at radius 3 is 2.85 bits per heavy atom. The number of aliphatic hydroxyl groups excluding tert-OH is 1. The molecule has 1 aliphatic heterocycles. The topological polar surface area (TPSA) is 68.5 Å². The third kappa shape index (κ3) is 4.17. The summed E-state index contributed by atoms with van der Waals surface area (Å²) in [5.41, 5.74) is 0.576. The molecule has 20 heavy (non-hydrogen) atoms. The van der Waals surface area contributed by atoms with E-state index >= 15 is 0 Å². The lowest BCUT2D eigenvalue weighted by molar-refractivity contribution is 0.0171. The molecule has 0 amide bonds. The normalized spacial score (nSPS) is 17.4. The molecule has 2 N–H and O–H groups in total. The molecule has 1 aliphatic rings. The van der Waals surface area contributed by atoms with Crippen molar-refractivity contribution in [1.82, 2.24) is 4.90 Å². The molecular weight excluding hydrogens is 261 g/mol. The molecular formula is C14H18FN3O2. The molecule has 0 aromatic heterocycles. The fourth-order valence-corrected chi connectivity index (χ4v) is 2.10. The van der Waals surface area contributed by atoms with Crippen LogP contribution in [0.5, 0.6) is 0 Å². The lowest BCUT2D eigenvalue weighted by atomic mass is 10.2. The monoisotopic (exact) mass is 279 g/mol. The number of morpholine rings is 1. The Morgan fingerprint density at radius 2 is 2.20 bits per heavy atom. The standard InChI is InChI=1S/C14H18FN3O2/c15-13-7-11(8-16)1-2-14(13)17-9-12(19)10-18-3-5-20-6-4-18/h1-2,7,12,17,19H,3-6,9-10H2. The molecule has 1 aromatic carbocycles. The average Bonchev–Trinajstić information content (AvgIpc) is 2.47. The zero-order chi connectivity index (χ0) is 14.4. The van der Waals surface area contributed by atoms with Gasteiger partial charge in [-0.2, -0.15) is 5.26 Å². The van der Waals surface area contributed by atoms with Gasteiger partial charge in [-0.25, -0.2) is 4.39 Å². The Balaban J connectivity index is 1.80. The molecule has 5 nitrogen and oxygen atoms in total. The molecule has 1 fully saturated rings. The molecule has 1 unspecified atom stereocenters. The second-order valence-corrected chi connectivity index (χ2v) is 4.75. The molecule has 2 rings (SSSR count). The highest BCUT2D eigenvalue weighted by molar-refractivity contribution is 5.48. The highest BCUT2D eigenvalue weighted by atomic mass is 19.1. The summed E-state index contributed by atoms with van der Waals surface area (Å²) in [6.45, 7) is 3.79. The molecule has 1 atom stereocenters. The minimum absolute atomic E-state index is 0.264. The number of β-amino-alcohol motifs (C(OH)–C–C–N with tert-alkyl or cyclic N) is 1. The van der Waals surface area contributed by atoms with E-state index < -0.39 is 11.9 Å². The van der Waals surface area contributed by atoms with Gasteiger partial charge in [-0.05, 0) is 18.2 Å². The lowest BCUT2D eigenvalue weighted by Gasteiger charge is -2.28. The Hall–Kier alpha value is -1.68. The fraction of sp³-hybridized carbons (Fsp3) is 0.500. The van der Waals surface area contributed by atoms with Crippen molar-refractivity contribution in [3.05, 3.63) is 29.6 Å². The number of nitriles is 1. The van der Waals surface area contributed by atoms with Crippen LogP contribution in [0.4, 0.5) is 10.1 Å². The number of hydrogen-bond acceptors (Lipinski definition) is 5. The number of hydrogen-bond donors (Lipinski definition) is 2. The van der Waals surface area contributed by atoms with Crippen LogP contribution in [-0.4, -0.2) is 55.5 Å². The first-order valence-corrected chi connectivity index (χ1v) is 6.60. The molecule has 0 spiro atoms. The third-order valence-electron chi connectivity index (χ3n) is 3.20. The minimum atomic E-state index is -0.580. The highest BCUT2D eigenvalue weighted by Crippen LogP contribution is 2.15. The maximum absolute atomic E-state index is 13.6. The number of nitrogens with one attached hydrogen (secondary N) is 1. The van der Waals surface area contributed by atoms with Crippen LogP contribution in [0.15, 0.2) is 18.2 Å². The molecule has 0 aliphatic carbocycles. The van der Waals surface area contributed by atoms with Gasteiger partial charge in [-0.1, -0.05) is 0 Å². The van der Waals surface area contributed by atoms with E-state index in [-0.39, 0.29) is 12.1 Å². The number of anilines is 1. The van der Waals surface area contributed by atoms with Crippen LogP contribution in [-0.2, 0) is 4.74 Å². The van der Waals surface area contributed by atoms with Crippen molar-refractivity contribution >= 4 is 5.69 Å². The zero-order valence-corrected chi connectivity index (χ0v) is 11.2. The number of benzene rings is 1. The van der Waals surface area contributed by atoms with Gasteiger partial charge in [0.2, 0.25) is 0 Å². The second-order valence-electron chi connectivity index (χ2n) is 4.75. The summed E-state index contributed by atoms with van der Waals surface area (Å²) < 4.78 is 18.9. The van der Waals surface area contributed by atoms with Gasteiger partial charge in [0.15, 0.2) is 0 Å². The maximum atomic E-state index is 13.6. The van der Waals surface area contributed by atoms with Crippen molar-refractivity contribution in [2.24, 2.45) is 0 Å². The summed E-state index contributed by atoms with van der Waals surface area (Å²) in [6.07, 6.45) is -0.580. The van der Waals surface area contributed by atoms with E-state index in [4.69, 9.17) is 10.00 Å². The van der Waals surface area contributed by atoms with Crippen molar-refractivity contribution < 1.29 is 14.2 Å². The van der Waals surface area contributed by atoms with E-state index in [1.165, 1.54) is 12.1 Å². The number of nitrogens with zero attached hydrogens (tertiary/aromatic N) is 2. The van der Waals surface area contributed by atoms with Crippen LogP contribution < -0.4 is 5.32 Å². The summed E-state index contributed by atoms with van der Waals surface area (Å²) in [5, 5.41) is 21.5. The third-order valence-corrected chi connectivity index (χ3v) is 3.20. The van der Waals surface area contributed by atoms with Gasteiger partial charge in [0.05, 0.1) is 36.6 Å². The zero-order valence-electron chi connectivity index (χ0n) is 11.2. The van der Waals surface area contributed by atoms with E-state index in [1.54, 1.807) is 6.07 Å². The summed E-state index contributed by atoms with van der Waals surface area (Å²) in [5.74, 6) is -0.484. The smallest absolute Gasteiger partial charge is 0.147 e. The van der Waals surface area contributed by atoms with Crippen LogP contribution >= 0.6 is 0 Å². The van der Waals surface area contributed by atoms with Crippen LogP contribution in [0.2, 0.25) is 0 Å². The molecule has 0 saturated carbocycles. The number of rotatable bonds is 5.